The zero-order valence-corrected chi connectivity index (χ0v) is 8.92. The Morgan fingerprint density at radius 2 is 2.07 bits per heavy atom. The average molecular weight is 197 g/mol. The van der Waals surface area contributed by atoms with Crippen molar-refractivity contribution in [1.29, 1.82) is 0 Å². The Morgan fingerprint density at radius 3 is 2.71 bits per heavy atom. The third-order valence-electron chi connectivity index (χ3n) is 2.44. The fraction of sp³-hybridized carbons (Fsp3) is 0.818. The fourth-order valence-electron chi connectivity index (χ4n) is 1.55. The predicted octanol–water partition coefficient (Wildman–Crippen LogP) is 3.04. The summed E-state index contributed by atoms with van der Waals surface area (Å²) in [5.41, 5.74) is 1.05. The molecule has 0 bridgehead atoms. The van der Waals surface area contributed by atoms with Crippen LogP contribution in [-0.4, -0.2) is 11.7 Å². The molecule has 3 heteroatoms. The van der Waals surface area contributed by atoms with Crippen LogP contribution in [0.25, 0.3) is 0 Å². The van der Waals surface area contributed by atoms with Crippen molar-refractivity contribution in [2.24, 2.45) is 5.16 Å². The second-order valence-electron chi connectivity index (χ2n) is 3.79. The largest absolute Gasteiger partial charge is 0.335 e. The Balaban J connectivity index is 2.10. The summed E-state index contributed by atoms with van der Waals surface area (Å²) in [6.07, 6.45) is 8.02. The first-order valence-corrected chi connectivity index (χ1v) is 5.58. The van der Waals surface area contributed by atoms with Crippen molar-refractivity contribution in [1.82, 2.24) is 0 Å². The normalized spacial score (nSPS) is 15.6. The third-order valence-corrected chi connectivity index (χ3v) is 2.44. The van der Waals surface area contributed by atoms with Crippen molar-refractivity contribution >= 4 is 11.7 Å². The predicted molar refractivity (Wildman–Crippen MR) is 56.1 cm³/mol. The van der Waals surface area contributed by atoms with Gasteiger partial charge in [0.05, 0.1) is 5.71 Å². The third kappa shape index (κ3) is 4.40. The maximum atomic E-state index is 11.1. The lowest BCUT2D eigenvalue weighted by Gasteiger charge is -1.98. The number of carbonyl (C=O) groups excluding carboxylic acids is 1. The second kappa shape index (κ2) is 6.57. The van der Waals surface area contributed by atoms with Gasteiger partial charge in [-0.15, -0.1) is 0 Å². The molecule has 0 aromatic heterocycles. The minimum atomic E-state index is -0.183. The standard InChI is InChI=1S/C11H19NO2/c1-2-3-4-9-11(13)14-12-10-7-5-6-8-10/h2-9H2,1H3. The summed E-state index contributed by atoms with van der Waals surface area (Å²) in [4.78, 5) is 16.0. The van der Waals surface area contributed by atoms with Gasteiger partial charge in [0.2, 0.25) is 0 Å². The van der Waals surface area contributed by atoms with Crippen LogP contribution in [0.2, 0.25) is 0 Å². The zero-order chi connectivity index (χ0) is 10.2. The smallest absolute Gasteiger partial charge is 0.318 e. The van der Waals surface area contributed by atoms with Crippen LogP contribution in [0.5, 0.6) is 0 Å². The quantitative estimate of drug-likeness (QED) is 0.386. The highest BCUT2D eigenvalue weighted by Gasteiger charge is 2.09. The van der Waals surface area contributed by atoms with E-state index in [9.17, 15) is 4.79 Å². The van der Waals surface area contributed by atoms with Crippen molar-refractivity contribution < 1.29 is 9.63 Å². The molecule has 0 spiro atoms. The van der Waals surface area contributed by atoms with Crippen LogP contribution in [0.3, 0.4) is 0 Å². The lowest BCUT2D eigenvalue weighted by Crippen LogP contribution is -2.01. The van der Waals surface area contributed by atoms with E-state index in [-0.39, 0.29) is 5.97 Å². The van der Waals surface area contributed by atoms with Crippen LogP contribution in [-0.2, 0) is 9.63 Å². The van der Waals surface area contributed by atoms with Crippen molar-refractivity contribution in [2.75, 3.05) is 0 Å². The lowest BCUT2D eigenvalue weighted by atomic mass is 10.2. The van der Waals surface area contributed by atoms with E-state index >= 15 is 0 Å². The Kier molecular flexibility index (Phi) is 5.27. The first-order valence-electron chi connectivity index (χ1n) is 5.58. The van der Waals surface area contributed by atoms with Crippen LogP contribution in [0.4, 0.5) is 0 Å². The molecular weight excluding hydrogens is 178 g/mol. The fourth-order valence-corrected chi connectivity index (χ4v) is 1.55. The molecule has 0 aromatic rings. The molecular formula is C11H19NO2. The maximum Gasteiger partial charge on any atom is 0.335 e. The highest BCUT2D eigenvalue weighted by atomic mass is 16.7. The number of hydrogen-bond acceptors (Lipinski definition) is 3. The SMILES string of the molecule is CCCCCC(=O)ON=C1CCCC1. The highest BCUT2D eigenvalue weighted by molar-refractivity contribution is 5.86. The zero-order valence-electron chi connectivity index (χ0n) is 8.92. The minimum Gasteiger partial charge on any atom is -0.318 e. The lowest BCUT2D eigenvalue weighted by molar-refractivity contribution is -0.143. The maximum absolute atomic E-state index is 11.1. The van der Waals surface area contributed by atoms with Crippen molar-refractivity contribution in [3.8, 4) is 0 Å². The molecule has 0 heterocycles. The number of oxime groups is 1. The summed E-state index contributed by atoms with van der Waals surface area (Å²) in [6, 6.07) is 0. The molecule has 1 aliphatic rings. The summed E-state index contributed by atoms with van der Waals surface area (Å²) in [6.45, 7) is 2.12. The van der Waals surface area contributed by atoms with Crippen molar-refractivity contribution in [3.63, 3.8) is 0 Å². The van der Waals surface area contributed by atoms with E-state index < -0.39 is 0 Å². The van der Waals surface area contributed by atoms with Gasteiger partial charge in [0.1, 0.15) is 0 Å². The Morgan fingerprint density at radius 1 is 1.36 bits per heavy atom. The first kappa shape index (κ1) is 11.2. The summed E-state index contributed by atoms with van der Waals surface area (Å²) < 4.78 is 0. The molecule has 0 aliphatic heterocycles. The van der Waals surface area contributed by atoms with Gasteiger partial charge in [0, 0.05) is 6.42 Å². The van der Waals surface area contributed by atoms with Gasteiger partial charge in [-0.2, -0.15) is 0 Å². The molecule has 1 saturated carbocycles. The van der Waals surface area contributed by atoms with E-state index in [2.05, 4.69) is 12.1 Å². The van der Waals surface area contributed by atoms with Crippen LogP contribution in [0, 0.1) is 0 Å². The molecule has 0 N–H and O–H groups in total. The molecule has 0 radical (unpaired) electrons. The monoisotopic (exact) mass is 197 g/mol. The molecule has 1 aliphatic carbocycles. The molecule has 80 valence electrons. The summed E-state index contributed by atoms with van der Waals surface area (Å²) in [5, 5.41) is 3.87. The highest BCUT2D eigenvalue weighted by Crippen LogP contribution is 2.14. The van der Waals surface area contributed by atoms with Crippen LogP contribution in [0.15, 0.2) is 5.16 Å². The molecule has 14 heavy (non-hydrogen) atoms. The van der Waals surface area contributed by atoms with Gasteiger partial charge in [-0.3, -0.25) is 0 Å². The molecule has 0 aromatic carbocycles. The van der Waals surface area contributed by atoms with Gasteiger partial charge >= 0.3 is 5.97 Å². The number of carbonyl (C=O) groups is 1. The summed E-state index contributed by atoms with van der Waals surface area (Å²) in [7, 11) is 0. The Bertz CT molecular complexity index is 203. The van der Waals surface area contributed by atoms with Crippen LogP contribution < -0.4 is 0 Å². The van der Waals surface area contributed by atoms with Gasteiger partial charge in [-0.1, -0.05) is 24.9 Å². The minimum absolute atomic E-state index is 0.183. The van der Waals surface area contributed by atoms with Crippen LogP contribution in [0.1, 0.15) is 58.3 Å². The molecule has 0 unspecified atom stereocenters. The summed E-state index contributed by atoms with van der Waals surface area (Å²) in [5.74, 6) is -0.183. The topological polar surface area (TPSA) is 38.7 Å². The van der Waals surface area contributed by atoms with Crippen molar-refractivity contribution in [3.05, 3.63) is 0 Å². The molecule has 1 fully saturated rings. The molecule has 3 nitrogen and oxygen atoms in total. The van der Waals surface area contributed by atoms with Gasteiger partial charge < -0.3 is 4.84 Å². The number of rotatable bonds is 5. The Hall–Kier alpha value is -0.860. The number of hydrogen-bond donors (Lipinski definition) is 0. The van der Waals surface area contributed by atoms with E-state index in [0.29, 0.717) is 6.42 Å². The molecule has 0 amide bonds. The van der Waals surface area contributed by atoms with Crippen LogP contribution >= 0.6 is 0 Å². The van der Waals surface area contributed by atoms with E-state index in [1.807, 2.05) is 0 Å². The van der Waals surface area contributed by atoms with E-state index in [0.717, 1.165) is 37.8 Å². The van der Waals surface area contributed by atoms with Gasteiger partial charge in [0.15, 0.2) is 0 Å². The van der Waals surface area contributed by atoms with Gasteiger partial charge in [0.25, 0.3) is 0 Å². The number of nitrogens with zero attached hydrogens (tertiary/aromatic N) is 1. The molecule has 0 atom stereocenters. The van der Waals surface area contributed by atoms with Gasteiger partial charge in [-0.25, -0.2) is 4.79 Å². The van der Waals surface area contributed by atoms with E-state index in [1.165, 1.54) is 12.8 Å². The Labute approximate surface area is 85.5 Å². The van der Waals surface area contributed by atoms with Gasteiger partial charge in [-0.05, 0) is 32.1 Å². The average Bonchev–Trinajstić information content (AvgIpc) is 2.68. The van der Waals surface area contributed by atoms with Crippen molar-refractivity contribution in [2.45, 2.75) is 58.3 Å². The molecule has 1 rings (SSSR count). The summed E-state index contributed by atoms with van der Waals surface area (Å²) >= 11 is 0. The molecule has 0 saturated heterocycles. The van der Waals surface area contributed by atoms with E-state index in [1.54, 1.807) is 0 Å². The number of unbranched alkanes of at least 4 members (excludes halogenated alkanes) is 2. The van der Waals surface area contributed by atoms with E-state index in [4.69, 9.17) is 4.84 Å². The second-order valence-corrected chi connectivity index (χ2v) is 3.79. The first-order chi connectivity index (χ1) is 6.83.